The highest BCUT2D eigenvalue weighted by Gasteiger charge is 2.21. The van der Waals surface area contributed by atoms with E-state index in [9.17, 15) is 4.79 Å². The number of hydroxylamine groups is 1. The van der Waals surface area contributed by atoms with Gasteiger partial charge in [0.05, 0.1) is 0 Å². The number of anilines is 2. The van der Waals surface area contributed by atoms with Crippen molar-refractivity contribution in [1.82, 2.24) is 30.3 Å². The van der Waals surface area contributed by atoms with E-state index in [0.717, 1.165) is 45.8 Å². The fraction of sp³-hybridized carbons (Fsp3) is 0.304. The highest BCUT2D eigenvalue weighted by Crippen LogP contribution is 2.41. The smallest absolute Gasteiger partial charge is 0.244 e. The van der Waals surface area contributed by atoms with Crippen LogP contribution >= 0.6 is 11.8 Å². The number of amides is 1. The lowest BCUT2D eigenvalue weighted by Gasteiger charge is -2.13. The largest absolute Gasteiger partial charge is 0.461 e. The number of hydrogen-bond donors (Lipinski definition) is 5. The standard InChI is InChI=1S/C23H26N8O3S/c1-13-2-3-17(34-13)15-10-14-4-7-26-16(14)11-18(15)35-23-29-20-21(24)27-12-28-22(20)31(23)9-8-25-6-5-19(32)30-33/h2-3,10-12,25-26,33H,4-9H2,1H3,(H,30,32)(H2,24,27,28). The monoisotopic (exact) mass is 494 g/mol. The number of aromatic nitrogens is 4. The molecule has 0 spiro atoms. The van der Waals surface area contributed by atoms with Gasteiger partial charge in [-0.15, -0.1) is 0 Å². The van der Waals surface area contributed by atoms with Crippen LogP contribution in [0.3, 0.4) is 0 Å². The number of rotatable bonds is 9. The average Bonchev–Trinajstić information content (AvgIpc) is 3.57. The minimum atomic E-state index is -0.437. The number of benzene rings is 1. The third-order valence-corrected chi connectivity index (χ3v) is 6.87. The summed E-state index contributed by atoms with van der Waals surface area (Å²) in [6.07, 6.45) is 2.57. The molecule has 0 radical (unpaired) electrons. The van der Waals surface area contributed by atoms with Crippen LogP contribution in [0.25, 0.3) is 22.5 Å². The minimum Gasteiger partial charge on any atom is -0.461 e. The molecule has 0 fully saturated rings. The summed E-state index contributed by atoms with van der Waals surface area (Å²) in [6.45, 7) is 4.39. The molecule has 0 atom stereocenters. The normalized spacial score (nSPS) is 12.6. The molecule has 11 nitrogen and oxygen atoms in total. The lowest BCUT2D eigenvalue weighted by Crippen LogP contribution is -2.27. The number of carbonyl (C=O) groups excluding carboxylic acids is 1. The predicted molar refractivity (Wildman–Crippen MR) is 132 cm³/mol. The van der Waals surface area contributed by atoms with Crippen LogP contribution in [0.1, 0.15) is 17.7 Å². The van der Waals surface area contributed by atoms with Crippen LogP contribution in [-0.2, 0) is 17.8 Å². The molecule has 3 aromatic heterocycles. The second kappa shape index (κ2) is 9.94. The molecule has 0 saturated heterocycles. The zero-order chi connectivity index (χ0) is 24.4. The second-order valence-corrected chi connectivity index (χ2v) is 9.22. The van der Waals surface area contributed by atoms with Crippen LogP contribution < -0.4 is 21.8 Å². The molecule has 182 valence electrons. The van der Waals surface area contributed by atoms with Gasteiger partial charge in [0.2, 0.25) is 5.91 Å². The molecule has 1 aliphatic heterocycles. The Balaban J connectivity index is 1.48. The molecule has 0 bridgehead atoms. The Morgan fingerprint density at radius 3 is 3.00 bits per heavy atom. The van der Waals surface area contributed by atoms with Gasteiger partial charge in [-0.2, -0.15) is 0 Å². The van der Waals surface area contributed by atoms with E-state index >= 15 is 0 Å². The van der Waals surface area contributed by atoms with Gasteiger partial charge in [-0.05, 0) is 43.2 Å². The SMILES string of the molecule is Cc1ccc(-c2cc3c(cc2Sc2nc4c(N)ncnc4n2CCNCCC(=O)NO)NCC3)o1. The summed E-state index contributed by atoms with van der Waals surface area (Å²) in [5.41, 5.74) is 12.3. The van der Waals surface area contributed by atoms with Crippen molar-refractivity contribution in [3.8, 4) is 11.3 Å². The van der Waals surface area contributed by atoms with E-state index in [0.29, 0.717) is 36.6 Å². The summed E-state index contributed by atoms with van der Waals surface area (Å²) in [5.74, 6) is 1.55. The van der Waals surface area contributed by atoms with Gasteiger partial charge in [0.25, 0.3) is 0 Å². The number of furan rings is 1. The molecule has 1 aliphatic rings. The molecule has 6 N–H and O–H groups in total. The first-order chi connectivity index (χ1) is 17.0. The summed E-state index contributed by atoms with van der Waals surface area (Å²) in [4.78, 5) is 25.5. The minimum absolute atomic E-state index is 0.173. The van der Waals surface area contributed by atoms with Crippen molar-refractivity contribution in [2.75, 3.05) is 30.7 Å². The summed E-state index contributed by atoms with van der Waals surface area (Å²) in [6, 6.07) is 8.28. The van der Waals surface area contributed by atoms with Crippen LogP contribution in [0.2, 0.25) is 0 Å². The van der Waals surface area contributed by atoms with Crippen molar-refractivity contribution >= 4 is 40.3 Å². The number of hydrogen-bond acceptors (Lipinski definition) is 10. The Morgan fingerprint density at radius 1 is 1.31 bits per heavy atom. The van der Waals surface area contributed by atoms with Gasteiger partial charge in [0.1, 0.15) is 17.8 Å². The van der Waals surface area contributed by atoms with Crippen molar-refractivity contribution in [2.24, 2.45) is 0 Å². The van der Waals surface area contributed by atoms with Crippen molar-refractivity contribution in [1.29, 1.82) is 0 Å². The number of aryl methyl sites for hydroxylation is 1. The van der Waals surface area contributed by atoms with E-state index in [-0.39, 0.29) is 6.42 Å². The number of imidazole rings is 1. The molecular weight excluding hydrogens is 468 g/mol. The van der Waals surface area contributed by atoms with Gasteiger partial charge in [0.15, 0.2) is 22.1 Å². The second-order valence-electron chi connectivity index (χ2n) is 8.21. The number of nitrogens with one attached hydrogen (secondary N) is 3. The molecule has 0 saturated carbocycles. The maximum absolute atomic E-state index is 11.2. The summed E-state index contributed by atoms with van der Waals surface area (Å²) in [7, 11) is 0. The van der Waals surface area contributed by atoms with Gasteiger partial charge in [-0.25, -0.2) is 20.4 Å². The van der Waals surface area contributed by atoms with E-state index in [4.69, 9.17) is 20.3 Å². The van der Waals surface area contributed by atoms with Crippen LogP contribution in [0, 0.1) is 6.92 Å². The summed E-state index contributed by atoms with van der Waals surface area (Å²) >= 11 is 1.52. The van der Waals surface area contributed by atoms with Crippen molar-refractivity contribution in [3.63, 3.8) is 0 Å². The van der Waals surface area contributed by atoms with Gasteiger partial charge < -0.3 is 25.4 Å². The Hall–Kier alpha value is -3.61. The average molecular weight is 495 g/mol. The number of fused-ring (bicyclic) bond motifs is 2. The van der Waals surface area contributed by atoms with Crippen molar-refractivity contribution < 1.29 is 14.4 Å². The Morgan fingerprint density at radius 2 is 2.20 bits per heavy atom. The molecule has 1 aromatic carbocycles. The van der Waals surface area contributed by atoms with Crippen molar-refractivity contribution in [2.45, 2.75) is 36.4 Å². The summed E-state index contributed by atoms with van der Waals surface area (Å²) < 4.78 is 7.97. The molecular formula is C23H26N8O3S. The molecule has 1 amide bonds. The molecule has 4 aromatic rings. The fourth-order valence-electron chi connectivity index (χ4n) is 4.07. The first-order valence-electron chi connectivity index (χ1n) is 11.3. The molecule has 12 heteroatoms. The molecule has 4 heterocycles. The maximum atomic E-state index is 11.2. The first kappa shape index (κ1) is 23.1. The fourth-order valence-corrected chi connectivity index (χ4v) is 5.14. The Kier molecular flexibility index (Phi) is 6.57. The van der Waals surface area contributed by atoms with E-state index in [1.54, 1.807) is 5.48 Å². The van der Waals surface area contributed by atoms with E-state index in [2.05, 4.69) is 32.7 Å². The Bertz CT molecular complexity index is 1380. The highest BCUT2D eigenvalue weighted by molar-refractivity contribution is 7.99. The topological polar surface area (TPSA) is 156 Å². The van der Waals surface area contributed by atoms with Gasteiger partial charge >= 0.3 is 0 Å². The lowest BCUT2D eigenvalue weighted by atomic mass is 10.1. The molecule has 35 heavy (non-hydrogen) atoms. The number of nitrogens with zero attached hydrogens (tertiary/aromatic N) is 4. The zero-order valence-electron chi connectivity index (χ0n) is 19.2. The number of carbonyl (C=O) groups is 1. The van der Waals surface area contributed by atoms with Gasteiger partial charge in [-0.3, -0.25) is 10.0 Å². The van der Waals surface area contributed by atoms with Crippen LogP contribution in [-0.4, -0.2) is 50.3 Å². The predicted octanol–water partition coefficient (Wildman–Crippen LogP) is 2.58. The van der Waals surface area contributed by atoms with Gasteiger partial charge in [0, 0.05) is 48.7 Å². The van der Waals surface area contributed by atoms with Crippen LogP contribution in [0.5, 0.6) is 0 Å². The number of nitrogen functional groups attached to an aromatic ring is 1. The van der Waals surface area contributed by atoms with E-state index in [1.165, 1.54) is 23.7 Å². The van der Waals surface area contributed by atoms with Gasteiger partial charge in [-0.1, -0.05) is 11.8 Å². The Labute approximate surface area is 205 Å². The first-order valence-corrected chi connectivity index (χ1v) is 12.1. The highest BCUT2D eigenvalue weighted by atomic mass is 32.2. The summed E-state index contributed by atoms with van der Waals surface area (Å²) in [5, 5.41) is 16.0. The zero-order valence-corrected chi connectivity index (χ0v) is 20.0. The van der Waals surface area contributed by atoms with E-state index in [1.807, 2.05) is 23.6 Å². The molecule has 0 aliphatic carbocycles. The quantitative estimate of drug-likeness (QED) is 0.133. The third-order valence-electron chi connectivity index (χ3n) is 5.81. The molecule has 0 unspecified atom stereocenters. The van der Waals surface area contributed by atoms with E-state index < -0.39 is 5.91 Å². The van der Waals surface area contributed by atoms with Crippen LogP contribution in [0.15, 0.2) is 45.1 Å². The number of nitrogens with two attached hydrogens (primary N) is 1. The third kappa shape index (κ3) is 4.81. The van der Waals surface area contributed by atoms with Crippen LogP contribution in [0.4, 0.5) is 11.5 Å². The lowest BCUT2D eigenvalue weighted by molar-refractivity contribution is -0.129. The maximum Gasteiger partial charge on any atom is 0.244 e. The molecule has 5 rings (SSSR count). The van der Waals surface area contributed by atoms with Crippen molar-refractivity contribution in [3.05, 3.63) is 41.9 Å².